The molecular weight excluding hydrogens is 294 g/mol. The fourth-order valence-electron chi connectivity index (χ4n) is 2.15. The summed E-state index contributed by atoms with van der Waals surface area (Å²) in [5.74, 6) is 1.78. The summed E-state index contributed by atoms with van der Waals surface area (Å²) in [5, 5.41) is 10.3. The number of rotatable bonds is 3. The van der Waals surface area contributed by atoms with Crippen molar-refractivity contribution < 1.29 is 4.52 Å². The predicted molar refractivity (Wildman–Crippen MR) is 80.9 cm³/mol. The molecule has 0 fully saturated rings. The minimum Gasteiger partial charge on any atom is -0.333 e. The fraction of sp³-hybridized carbons (Fsp3) is 0.0667. The first-order chi connectivity index (χ1) is 11.3. The van der Waals surface area contributed by atoms with E-state index >= 15 is 0 Å². The first-order valence-corrected chi connectivity index (χ1v) is 6.90. The van der Waals surface area contributed by atoms with Gasteiger partial charge in [-0.05, 0) is 6.92 Å². The number of H-pyrrole nitrogens is 1. The summed E-state index contributed by atoms with van der Waals surface area (Å²) < 4.78 is 5.27. The lowest BCUT2D eigenvalue weighted by Gasteiger charge is -2.03. The molecule has 8 heteroatoms. The third kappa shape index (κ3) is 2.46. The lowest BCUT2D eigenvalue weighted by atomic mass is 10.2. The molecule has 0 saturated heterocycles. The Morgan fingerprint density at radius 1 is 1.00 bits per heavy atom. The van der Waals surface area contributed by atoms with E-state index in [4.69, 9.17) is 4.52 Å². The van der Waals surface area contributed by atoms with Gasteiger partial charge >= 0.3 is 0 Å². The van der Waals surface area contributed by atoms with Gasteiger partial charge in [0.2, 0.25) is 5.82 Å². The van der Waals surface area contributed by atoms with E-state index in [0.717, 1.165) is 11.3 Å². The van der Waals surface area contributed by atoms with Crippen molar-refractivity contribution in [2.75, 3.05) is 0 Å². The molecule has 112 valence electrons. The first kappa shape index (κ1) is 13.3. The average Bonchev–Trinajstić information content (AvgIpc) is 3.27. The number of hydrogen-bond donors (Lipinski definition) is 1. The second-order valence-electron chi connectivity index (χ2n) is 4.82. The van der Waals surface area contributed by atoms with Crippen LogP contribution in [-0.2, 0) is 0 Å². The summed E-state index contributed by atoms with van der Waals surface area (Å²) in [5.41, 5.74) is 2.39. The SMILES string of the molecule is Cc1nc(-c2ccccc2)ncc1-c1nc(-c2ncn[nH]2)no1. The van der Waals surface area contributed by atoms with Crippen molar-refractivity contribution in [1.29, 1.82) is 0 Å². The zero-order valence-corrected chi connectivity index (χ0v) is 12.1. The van der Waals surface area contributed by atoms with E-state index in [9.17, 15) is 0 Å². The van der Waals surface area contributed by atoms with Crippen molar-refractivity contribution in [2.24, 2.45) is 0 Å². The predicted octanol–water partition coefficient (Wildman–Crippen LogP) is 2.29. The van der Waals surface area contributed by atoms with Crippen LogP contribution in [0.1, 0.15) is 5.69 Å². The lowest BCUT2D eigenvalue weighted by Crippen LogP contribution is -1.95. The average molecular weight is 305 g/mol. The summed E-state index contributed by atoms with van der Waals surface area (Å²) in [6, 6.07) is 9.77. The Labute approximate surface area is 130 Å². The Morgan fingerprint density at radius 2 is 1.87 bits per heavy atom. The Kier molecular flexibility index (Phi) is 3.12. The van der Waals surface area contributed by atoms with Crippen LogP contribution in [0.3, 0.4) is 0 Å². The number of nitrogens with zero attached hydrogens (tertiary/aromatic N) is 6. The largest absolute Gasteiger partial charge is 0.333 e. The molecule has 1 aromatic carbocycles. The normalized spacial score (nSPS) is 10.8. The summed E-state index contributed by atoms with van der Waals surface area (Å²) in [4.78, 5) is 17.2. The number of aromatic nitrogens is 7. The molecule has 0 amide bonds. The van der Waals surface area contributed by atoms with Gasteiger partial charge in [-0.15, -0.1) is 0 Å². The smallest absolute Gasteiger partial charge is 0.261 e. The van der Waals surface area contributed by atoms with Crippen molar-refractivity contribution >= 4 is 0 Å². The highest BCUT2D eigenvalue weighted by atomic mass is 16.5. The van der Waals surface area contributed by atoms with Gasteiger partial charge in [-0.25, -0.2) is 15.0 Å². The maximum absolute atomic E-state index is 5.27. The molecule has 0 atom stereocenters. The Balaban J connectivity index is 1.70. The Bertz CT molecular complexity index is 932. The van der Waals surface area contributed by atoms with E-state index in [2.05, 4.69) is 35.3 Å². The van der Waals surface area contributed by atoms with Gasteiger partial charge in [-0.1, -0.05) is 35.5 Å². The molecule has 0 saturated carbocycles. The minimum absolute atomic E-state index is 0.337. The van der Waals surface area contributed by atoms with E-state index in [1.165, 1.54) is 6.33 Å². The fourth-order valence-corrected chi connectivity index (χ4v) is 2.15. The third-order valence-electron chi connectivity index (χ3n) is 3.29. The Morgan fingerprint density at radius 3 is 2.61 bits per heavy atom. The van der Waals surface area contributed by atoms with Crippen molar-refractivity contribution in [3.8, 4) is 34.5 Å². The Hall–Kier alpha value is -3.42. The molecule has 1 N–H and O–H groups in total. The van der Waals surface area contributed by atoms with Crippen LogP contribution in [0.4, 0.5) is 0 Å². The van der Waals surface area contributed by atoms with Crippen LogP contribution in [0.25, 0.3) is 34.5 Å². The number of benzene rings is 1. The van der Waals surface area contributed by atoms with Crippen molar-refractivity contribution in [3.63, 3.8) is 0 Å². The van der Waals surface area contributed by atoms with Crippen LogP contribution in [0.5, 0.6) is 0 Å². The maximum atomic E-state index is 5.27. The van der Waals surface area contributed by atoms with E-state index in [1.807, 2.05) is 37.3 Å². The molecular formula is C15H11N7O. The van der Waals surface area contributed by atoms with Crippen LogP contribution in [0.15, 0.2) is 47.4 Å². The molecule has 0 aliphatic heterocycles. The second-order valence-corrected chi connectivity index (χ2v) is 4.82. The molecule has 0 radical (unpaired) electrons. The number of aryl methyl sites for hydroxylation is 1. The van der Waals surface area contributed by atoms with Crippen molar-refractivity contribution in [1.82, 2.24) is 35.3 Å². The van der Waals surface area contributed by atoms with Gasteiger partial charge in [-0.3, -0.25) is 5.10 Å². The third-order valence-corrected chi connectivity index (χ3v) is 3.29. The summed E-state index contributed by atoms with van der Waals surface area (Å²) >= 11 is 0. The quantitative estimate of drug-likeness (QED) is 0.618. The molecule has 23 heavy (non-hydrogen) atoms. The molecule has 0 spiro atoms. The van der Waals surface area contributed by atoms with E-state index in [1.54, 1.807) is 6.20 Å². The van der Waals surface area contributed by atoms with Crippen molar-refractivity contribution in [2.45, 2.75) is 6.92 Å². The monoisotopic (exact) mass is 305 g/mol. The van der Waals surface area contributed by atoms with Gasteiger partial charge in [0.25, 0.3) is 5.89 Å². The van der Waals surface area contributed by atoms with Gasteiger partial charge in [0.15, 0.2) is 11.6 Å². The van der Waals surface area contributed by atoms with Gasteiger partial charge in [0.05, 0.1) is 11.3 Å². The zero-order valence-electron chi connectivity index (χ0n) is 12.1. The van der Waals surface area contributed by atoms with Gasteiger partial charge < -0.3 is 4.52 Å². The molecule has 0 aliphatic carbocycles. The van der Waals surface area contributed by atoms with Gasteiger partial charge in [-0.2, -0.15) is 10.1 Å². The molecule has 8 nitrogen and oxygen atoms in total. The highest BCUT2D eigenvalue weighted by molar-refractivity contribution is 5.61. The highest BCUT2D eigenvalue weighted by Gasteiger charge is 2.16. The molecule has 0 bridgehead atoms. The van der Waals surface area contributed by atoms with Gasteiger partial charge in [0.1, 0.15) is 6.33 Å². The number of aromatic amines is 1. The van der Waals surface area contributed by atoms with Crippen LogP contribution in [0.2, 0.25) is 0 Å². The zero-order chi connectivity index (χ0) is 15.6. The standard InChI is InChI=1S/C15H11N7O/c1-9-11(7-16-12(19-9)10-5-3-2-4-6-10)15-20-14(22-23-15)13-17-8-18-21-13/h2-8H,1H3,(H,17,18,21). The van der Waals surface area contributed by atoms with Gasteiger partial charge in [0, 0.05) is 11.8 Å². The van der Waals surface area contributed by atoms with Crippen molar-refractivity contribution in [3.05, 3.63) is 48.5 Å². The summed E-state index contributed by atoms with van der Waals surface area (Å²) in [6.45, 7) is 1.88. The molecule has 3 heterocycles. The first-order valence-electron chi connectivity index (χ1n) is 6.90. The lowest BCUT2D eigenvalue weighted by molar-refractivity contribution is 0.431. The van der Waals surface area contributed by atoms with Crippen LogP contribution in [0, 0.1) is 6.92 Å². The topological polar surface area (TPSA) is 106 Å². The molecule has 0 unspecified atom stereocenters. The number of hydrogen-bond acceptors (Lipinski definition) is 7. The molecule has 4 rings (SSSR count). The maximum Gasteiger partial charge on any atom is 0.261 e. The van der Waals surface area contributed by atoms with Crippen LogP contribution >= 0.6 is 0 Å². The number of nitrogens with one attached hydrogen (secondary N) is 1. The summed E-state index contributed by atoms with van der Waals surface area (Å²) in [7, 11) is 0. The van der Waals surface area contributed by atoms with E-state index < -0.39 is 0 Å². The van der Waals surface area contributed by atoms with Crippen LogP contribution < -0.4 is 0 Å². The van der Waals surface area contributed by atoms with Crippen LogP contribution in [-0.4, -0.2) is 35.3 Å². The van der Waals surface area contributed by atoms with E-state index in [-0.39, 0.29) is 0 Å². The minimum atomic E-state index is 0.337. The molecule has 0 aliphatic rings. The second kappa shape index (κ2) is 5.41. The summed E-state index contributed by atoms with van der Waals surface area (Å²) in [6.07, 6.45) is 3.07. The molecule has 3 aromatic heterocycles. The van der Waals surface area contributed by atoms with E-state index in [0.29, 0.717) is 28.9 Å². The molecule has 4 aromatic rings. The highest BCUT2D eigenvalue weighted by Crippen LogP contribution is 2.24.